The highest BCUT2D eigenvalue weighted by molar-refractivity contribution is 7.09. The van der Waals surface area contributed by atoms with Gasteiger partial charge in [-0.25, -0.2) is 9.67 Å². The minimum Gasteiger partial charge on any atom is -0.309 e. The maximum atomic E-state index is 4.67. The molecule has 0 bridgehead atoms. The minimum atomic E-state index is 0.101. The van der Waals surface area contributed by atoms with Crippen molar-refractivity contribution in [1.29, 1.82) is 0 Å². The Labute approximate surface area is 124 Å². The summed E-state index contributed by atoms with van der Waals surface area (Å²) in [5, 5.41) is 14.9. The molecule has 0 aliphatic heterocycles. The molecule has 0 aliphatic rings. The first-order chi connectivity index (χ1) is 9.34. The van der Waals surface area contributed by atoms with Crippen LogP contribution in [0.1, 0.15) is 51.0 Å². The number of aromatic nitrogens is 4. The van der Waals surface area contributed by atoms with Crippen molar-refractivity contribution in [2.45, 2.75) is 59.2 Å². The van der Waals surface area contributed by atoms with Gasteiger partial charge in [-0.05, 0) is 0 Å². The SMILES string of the molecule is CC(C)NCc1cn(Cc2nc(C(C)(C)C)cs2)nn1. The second kappa shape index (κ2) is 6.01. The predicted molar refractivity (Wildman–Crippen MR) is 81.9 cm³/mol. The summed E-state index contributed by atoms with van der Waals surface area (Å²) in [6.45, 7) is 12.2. The Hall–Kier alpha value is -1.27. The van der Waals surface area contributed by atoms with Gasteiger partial charge in [-0.1, -0.05) is 39.8 Å². The molecule has 2 aromatic heterocycles. The number of nitrogens with one attached hydrogen (secondary N) is 1. The van der Waals surface area contributed by atoms with Gasteiger partial charge in [0.1, 0.15) is 5.01 Å². The van der Waals surface area contributed by atoms with E-state index in [2.05, 4.69) is 60.6 Å². The largest absolute Gasteiger partial charge is 0.309 e. The van der Waals surface area contributed by atoms with Crippen LogP contribution in [0, 0.1) is 0 Å². The highest BCUT2D eigenvalue weighted by atomic mass is 32.1. The fourth-order valence-corrected chi connectivity index (χ4v) is 2.68. The summed E-state index contributed by atoms with van der Waals surface area (Å²) in [6, 6.07) is 0.452. The van der Waals surface area contributed by atoms with E-state index in [0.717, 1.165) is 22.9 Å². The molecule has 110 valence electrons. The van der Waals surface area contributed by atoms with Gasteiger partial charge in [-0.2, -0.15) is 0 Å². The lowest BCUT2D eigenvalue weighted by Crippen LogP contribution is -2.21. The molecular weight excluding hydrogens is 270 g/mol. The predicted octanol–water partition coefficient (Wildman–Crippen LogP) is 2.58. The fraction of sp³-hybridized carbons (Fsp3) is 0.643. The molecule has 2 rings (SSSR count). The quantitative estimate of drug-likeness (QED) is 0.920. The van der Waals surface area contributed by atoms with Gasteiger partial charge in [-0.15, -0.1) is 16.4 Å². The van der Waals surface area contributed by atoms with Gasteiger partial charge in [0, 0.05) is 23.4 Å². The zero-order valence-electron chi connectivity index (χ0n) is 12.8. The number of rotatable bonds is 5. The van der Waals surface area contributed by atoms with Crippen molar-refractivity contribution in [3.8, 4) is 0 Å². The zero-order chi connectivity index (χ0) is 14.8. The van der Waals surface area contributed by atoms with Gasteiger partial charge < -0.3 is 5.32 Å². The topological polar surface area (TPSA) is 55.6 Å². The summed E-state index contributed by atoms with van der Waals surface area (Å²) in [6.07, 6.45) is 1.98. The molecule has 5 nitrogen and oxygen atoms in total. The first-order valence-corrected chi connectivity index (χ1v) is 7.80. The molecule has 20 heavy (non-hydrogen) atoms. The lowest BCUT2D eigenvalue weighted by Gasteiger charge is -2.14. The third-order valence-corrected chi connectivity index (χ3v) is 3.73. The lowest BCUT2D eigenvalue weighted by atomic mass is 9.93. The summed E-state index contributed by atoms with van der Waals surface area (Å²) in [4.78, 5) is 4.67. The Kier molecular flexibility index (Phi) is 4.55. The van der Waals surface area contributed by atoms with Crippen LogP contribution in [-0.4, -0.2) is 26.0 Å². The first kappa shape index (κ1) is 15.1. The van der Waals surface area contributed by atoms with Crippen LogP contribution in [0.3, 0.4) is 0 Å². The van der Waals surface area contributed by atoms with E-state index in [1.165, 1.54) is 0 Å². The average Bonchev–Trinajstić information content (AvgIpc) is 2.95. The van der Waals surface area contributed by atoms with Crippen LogP contribution in [0.2, 0.25) is 0 Å². The van der Waals surface area contributed by atoms with E-state index in [1.807, 2.05) is 10.9 Å². The molecule has 2 aromatic rings. The Balaban J connectivity index is 1.98. The molecule has 6 heteroatoms. The maximum Gasteiger partial charge on any atom is 0.114 e. The van der Waals surface area contributed by atoms with E-state index < -0.39 is 0 Å². The van der Waals surface area contributed by atoms with Crippen LogP contribution in [0.4, 0.5) is 0 Å². The standard InChI is InChI=1S/C14H23N5S/c1-10(2)15-6-11-7-19(18-17-11)8-13-16-12(9-20-13)14(3,4)5/h7,9-10,15H,6,8H2,1-5H3. The van der Waals surface area contributed by atoms with Crippen molar-refractivity contribution in [3.63, 3.8) is 0 Å². The van der Waals surface area contributed by atoms with Crippen molar-refractivity contribution in [2.75, 3.05) is 0 Å². The maximum absolute atomic E-state index is 4.67. The lowest BCUT2D eigenvalue weighted by molar-refractivity contribution is 0.566. The third kappa shape index (κ3) is 4.11. The number of hydrogen-bond acceptors (Lipinski definition) is 5. The molecule has 0 atom stereocenters. The van der Waals surface area contributed by atoms with E-state index >= 15 is 0 Å². The molecule has 0 spiro atoms. The minimum absolute atomic E-state index is 0.101. The van der Waals surface area contributed by atoms with Gasteiger partial charge in [0.05, 0.1) is 24.1 Å². The fourth-order valence-electron chi connectivity index (χ4n) is 1.67. The zero-order valence-corrected chi connectivity index (χ0v) is 13.7. The Morgan fingerprint density at radius 3 is 2.70 bits per heavy atom. The molecule has 0 saturated carbocycles. The molecule has 0 fully saturated rings. The molecular formula is C14H23N5S. The van der Waals surface area contributed by atoms with Crippen molar-refractivity contribution < 1.29 is 0 Å². The van der Waals surface area contributed by atoms with E-state index in [-0.39, 0.29) is 5.41 Å². The van der Waals surface area contributed by atoms with Crippen LogP contribution in [-0.2, 0) is 18.5 Å². The van der Waals surface area contributed by atoms with E-state index in [9.17, 15) is 0 Å². The van der Waals surface area contributed by atoms with Crippen LogP contribution in [0.5, 0.6) is 0 Å². The van der Waals surface area contributed by atoms with Crippen LogP contribution in [0.15, 0.2) is 11.6 Å². The molecule has 0 saturated heterocycles. The first-order valence-electron chi connectivity index (χ1n) is 6.92. The summed E-state index contributed by atoms with van der Waals surface area (Å²) in [5.74, 6) is 0. The molecule has 0 amide bonds. The highest BCUT2D eigenvalue weighted by Crippen LogP contribution is 2.24. The summed E-state index contributed by atoms with van der Waals surface area (Å²) in [7, 11) is 0. The van der Waals surface area contributed by atoms with E-state index in [4.69, 9.17) is 0 Å². The summed E-state index contributed by atoms with van der Waals surface area (Å²) < 4.78 is 1.85. The Morgan fingerprint density at radius 2 is 2.10 bits per heavy atom. The highest BCUT2D eigenvalue weighted by Gasteiger charge is 2.17. The number of thiazole rings is 1. The smallest absolute Gasteiger partial charge is 0.114 e. The third-order valence-electron chi connectivity index (χ3n) is 2.89. The normalized spacial score (nSPS) is 12.3. The molecule has 0 aliphatic carbocycles. The Morgan fingerprint density at radius 1 is 1.35 bits per heavy atom. The van der Waals surface area contributed by atoms with Crippen molar-refractivity contribution >= 4 is 11.3 Å². The monoisotopic (exact) mass is 293 g/mol. The summed E-state index contributed by atoms with van der Waals surface area (Å²) >= 11 is 1.68. The van der Waals surface area contributed by atoms with Crippen molar-refractivity contribution in [1.82, 2.24) is 25.3 Å². The van der Waals surface area contributed by atoms with Gasteiger partial charge in [-0.3, -0.25) is 0 Å². The molecule has 0 unspecified atom stereocenters. The number of hydrogen-bond donors (Lipinski definition) is 1. The average molecular weight is 293 g/mol. The van der Waals surface area contributed by atoms with Crippen molar-refractivity contribution in [2.24, 2.45) is 0 Å². The molecule has 1 N–H and O–H groups in total. The number of nitrogens with zero attached hydrogens (tertiary/aromatic N) is 4. The molecule has 0 radical (unpaired) electrons. The van der Waals surface area contributed by atoms with Crippen LogP contribution < -0.4 is 5.32 Å². The second-order valence-electron chi connectivity index (χ2n) is 6.32. The van der Waals surface area contributed by atoms with Gasteiger partial charge in [0.2, 0.25) is 0 Å². The van der Waals surface area contributed by atoms with Gasteiger partial charge >= 0.3 is 0 Å². The van der Waals surface area contributed by atoms with E-state index in [0.29, 0.717) is 12.6 Å². The van der Waals surface area contributed by atoms with Crippen LogP contribution in [0.25, 0.3) is 0 Å². The van der Waals surface area contributed by atoms with Gasteiger partial charge in [0.15, 0.2) is 0 Å². The second-order valence-corrected chi connectivity index (χ2v) is 7.26. The summed E-state index contributed by atoms with van der Waals surface area (Å²) in [5.41, 5.74) is 2.20. The van der Waals surface area contributed by atoms with Crippen molar-refractivity contribution in [3.05, 3.63) is 28.0 Å². The van der Waals surface area contributed by atoms with Crippen LogP contribution >= 0.6 is 11.3 Å². The Bertz CT molecular complexity index is 550. The molecule has 2 heterocycles. The van der Waals surface area contributed by atoms with Gasteiger partial charge in [0.25, 0.3) is 0 Å². The van der Waals surface area contributed by atoms with E-state index in [1.54, 1.807) is 11.3 Å². The molecule has 0 aromatic carbocycles.